The number of Topliss-reactive ketones (excluding diaryl/α,β-unsaturated/α-hetero) is 1. The van der Waals surface area contributed by atoms with Gasteiger partial charge in [0.1, 0.15) is 0 Å². The lowest BCUT2D eigenvalue weighted by atomic mass is 9.70. The highest BCUT2D eigenvalue weighted by Gasteiger charge is 2.46. The third-order valence-corrected chi connectivity index (χ3v) is 5.28. The van der Waals surface area contributed by atoms with Crippen LogP contribution in [-0.4, -0.2) is 11.2 Å². The highest BCUT2D eigenvalue weighted by atomic mass is 79.9. The average molecular weight is 312 g/mol. The summed E-state index contributed by atoms with van der Waals surface area (Å²) in [5.74, 6) is 0.182. The van der Waals surface area contributed by atoms with E-state index in [4.69, 9.17) is 11.6 Å². The Bertz CT molecular complexity index is 523. The minimum atomic E-state index is -0.351. The lowest BCUT2D eigenvalue weighted by Crippen LogP contribution is -2.37. The van der Waals surface area contributed by atoms with Crippen molar-refractivity contribution in [3.05, 3.63) is 39.9 Å². The molecule has 0 aromatic heterocycles. The van der Waals surface area contributed by atoms with Gasteiger partial charge in [0.15, 0.2) is 5.78 Å². The molecular formula is C14H12BrClO. The monoisotopic (exact) mass is 310 g/mol. The van der Waals surface area contributed by atoms with Crippen LogP contribution >= 0.6 is 27.5 Å². The number of allylic oxidation sites excluding steroid dienone is 1. The summed E-state index contributed by atoms with van der Waals surface area (Å²) in [4.78, 5) is 11.6. The molecular weight excluding hydrogens is 300 g/mol. The Hall–Kier alpha value is -0.600. The zero-order valence-electron chi connectivity index (χ0n) is 9.25. The molecule has 1 aromatic rings. The molecule has 0 amide bonds. The van der Waals surface area contributed by atoms with Crippen LogP contribution in [0.25, 0.3) is 6.08 Å². The second-order valence-electron chi connectivity index (χ2n) is 4.80. The number of alkyl halides is 1. The van der Waals surface area contributed by atoms with Gasteiger partial charge in [-0.15, -0.1) is 11.6 Å². The first-order valence-electron chi connectivity index (χ1n) is 5.77. The highest BCUT2D eigenvalue weighted by molar-refractivity contribution is 9.11. The molecule has 1 saturated carbocycles. The number of rotatable bonds is 0. The smallest absolute Gasteiger partial charge is 0.150 e. The molecule has 3 rings (SSSR count). The van der Waals surface area contributed by atoms with Gasteiger partial charge >= 0.3 is 0 Å². The minimum Gasteiger partial charge on any atom is -0.298 e. The summed E-state index contributed by atoms with van der Waals surface area (Å²) in [6.07, 6.45) is 4.31. The van der Waals surface area contributed by atoms with Gasteiger partial charge in [0.2, 0.25) is 0 Å². The largest absolute Gasteiger partial charge is 0.298 e. The predicted molar refractivity (Wildman–Crippen MR) is 73.5 cm³/mol. The molecule has 2 aliphatic carbocycles. The number of benzene rings is 1. The van der Waals surface area contributed by atoms with Crippen LogP contribution in [0.15, 0.2) is 28.7 Å². The van der Waals surface area contributed by atoms with E-state index in [1.165, 1.54) is 15.6 Å². The molecule has 1 spiro atoms. The standard InChI is InChI=1S/C14H12BrClO/c15-13-7-9-3-1-2-4-10(9)14(13)6-5-12(17)11(16)8-14/h1-4,7,11H,5-6,8H2. The van der Waals surface area contributed by atoms with Crippen LogP contribution in [0.1, 0.15) is 30.4 Å². The van der Waals surface area contributed by atoms with Gasteiger partial charge in [-0.25, -0.2) is 0 Å². The lowest BCUT2D eigenvalue weighted by Gasteiger charge is -2.37. The first-order valence-corrected chi connectivity index (χ1v) is 7.00. The Morgan fingerprint density at radius 1 is 1.35 bits per heavy atom. The molecule has 1 aromatic carbocycles. The molecule has 17 heavy (non-hydrogen) atoms. The number of carbonyl (C=O) groups excluding carboxylic acids is 1. The van der Waals surface area contributed by atoms with Crippen LogP contribution in [0.3, 0.4) is 0 Å². The summed E-state index contributed by atoms with van der Waals surface area (Å²) in [6, 6.07) is 8.37. The molecule has 0 saturated heterocycles. The van der Waals surface area contributed by atoms with Gasteiger partial charge in [-0.1, -0.05) is 40.2 Å². The number of halogens is 2. The molecule has 2 atom stereocenters. The van der Waals surface area contributed by atoms with E-state index in [2.05, 4.69) is 40.2 Å². The SMILES string of the molecule is O=C1CCC2(CC1Cl)C(Br)=Cc1ccccc12. The van der Waals surface area contributed by atoms with Crippen molar-refractivity contribution in [2.45, 2.75) is 30.1 Å². The first kappa shape index (κ1) is 11.5. The normalized spacial score (nSPS) is 31.5. The van der Waals surface area contributed by atoms with E-state index in [0.717, 1.165) is 6.42 Å². The third-order valence-electron chi connectivity index (χ3n) is 3.89. The van der Waals surface area contributed by atoms with Crippen molar-refractivity contribution in [2.75, 3.05) is 0 Å². The van der Waals surface area contributed by atoms with Gasteiger partial charge in [-0.3, -0.25) is 4.79 Å². The molecule has 0 heterocycles. The van der Waals surface area contributed by atoms with Crippen LogP contribution in [-0.2, 0) is 10.2 Å². The molecule has 0 N–H and O–H groups in total. The Labute approximate surface area is 114 Å². The molecule has 2 unspecified atom stereocenters. The fourth-order valence-corrected chi connectivity index (χ4v) is 4.13. The minimum absolute atomic E-state index is 0.0586. The third kappa shape index (κ3) is 1.61. The van der Waals surface area contributed by atoms with Crippen LogP contribution in [0.4, 0.5) is 0 Å². The van der Waals surface area contributed by atoms with Gasteiger partial charge in [0.25, 0.3) is 0 Å². The fourth-order valence-electron chi connectivity index (χ4n) is 2.94. The molecule has 0 aliphatic heterocycles. The summed E-state index contributed by atoms with van der Waals surface area (Å²) < 4.78 is 1.17. The summed E-state index contributed by atoms with van der Waals surface area (Å²) in [5, 5.41) is -0.351. The van der Waals surface area contributed by atoms with Crippen LogP contribution in [0.5, 0.6) is 0 Å². The average Bonchev–Trinajstić information content (AvgIpc) is 2.58. The summed E-state index contributed by atoms with van der Waals surface area (Å²) in [6.45, 7) is 0. The van der Waals surface area contributed by atoms with Gasteiger partial charge < -0.3 is 0 Å². The molecule has 3 heteroatoms. The molecule has 0 radical (unpaired) electrons. The predicted octanol–water partition coefficient (Wildman–Crippen LogP) is 4.03. The quantitative estimate of drug-likeness (QED) is 0.661. The van der Waals surface area contributed by atoms with Crippen molar-refractivity contribution in [3.63, 3.8) is 0 Å². The van der Waals surface area contributed by atoms with Crippen molar-refractivity contribution >= 4 is 39.4 Å². The summed E-state index contributed by atoms with van der Waals surface area (Å²) in [7, 11) is 0. The van der Waals surface area contributed by atoms with E-state index in [1.54, 1.807) is 0 Å². The van der Waals surface area contributed by atoms with Gasteiger partial charge in [-0.2, -0.15) is 0 Å². The number of hydrogen-bond donors (Lipinski definition) is 0. The Kier molecular flexibility index (Phi) is 2.68. The van der Waals surface area contributed by atoms with Crippen molar-refractivity contribution in [2.24, 2.45) is 0 Å². The molecule has 1 nitrogen and oxygen atoms in total. The second-order valence-corrected chi connectivity index (χ2v) is 6.18. The van der Waals surface area contributed by atoms with E-state index in [0.29, 0.717) is 12.8 Å². The second kappa shape index (κ2) is 3.96. The van der Waals surface area contributed by atoms with Crippen molar-refractivity contribution in [1.82, 2.24) is 0 Å². The Morgan fingerprint density at radius 2 is 2.12 bits per heavy atom. The van der Waals surface area contributed by atoms with Gasteiger partial charge in [-0.05, 0) is 30.0 Å². The van der Waals surface area contributed by atoms with Gasteiger partial charge in [0, 0.05) is 16.3 Å². The van der Waals surface area contributed by atoms with E-state index < -0.39 is 0 Å². The van der Waals surface area contributed by atoms with E-state index in [1.807, 2.05) is 6.07 Å². The Morgan fingerprint density at radius 3 is 2.88 bits per heavy atom. The Balaban J connectivity index is 2.09. The van der Waals surface area contributed by atoms with Crippen molar-refractivity contribution in [1.29, 1.82) is 0 Å². The van der Waals surface area contributed by atoms with Crippen LogP contribution < -0.4 is 0 Å². The maximum atomic E-state index is 11.6. The zero-order chi connectivity index (χ0) is 12.0. The van der Waals surface area contributed by atoms with Crippen LogP contribution in [0, 0.1) is 0 Å². The number of fused-ring (bicyclic) bond motifs is 2. The van der Waals surface area contributed by atoms with E-state index in [-0.39, 0.29) is 16.6 Å². The van der Waals surface area contributed by atoms with Crippen molar-refractivity contribution in [3.8, 4) is 0 Å². The maximum absolute atomic E-state index is 11.6. The molecule has 88 valence electrons. The van der Waals surface area contributed by atoms with E-state index >= 15 is 0 Å². The molecule has 2 aliphatic rings. The summed E-state index contributed by atoms with van der Waals surface area (Å²) in [5.41, 5.74) is 2.50. The van der Waals surface area contributed by atoms with Crippen LogP contribution in [0.2, 0.25) is 0 Å². The fraction of sp³-hybridized carbons (Fsp3) is 0.357. The summed E-state index contributed by atoms with van der Waals surface area (Å²) >= 11 is 9.85. The first-order chi connectivity index (χ1) is 8.13. The van der Waals surface area contributed by atoms with E-state index in [9.17, 15) is 4.79 Å². The van der Waals surface area contributed by atoms with Crippen molar-refractivity contribution < 1.29 is 4.79 Å². The topological polar surface area (TPSA) is 17.1 Å². The number of hydrogen-bond acceptors (Lipinski definition) is 1. The number of carbonyl (C=O) groups is 1. The number of ketones is 1. The lowest BCUT2D eigenvalue weighted by molar-refractivity contribution is -0.120. The molecule has 0 bridgehead atoms. The molecule has 1 fully saturated rings. The highest BCUT2D eigenvalue weighted by Crippen LogP contribution is 2.53. The zero-order valence-corrected chi connectivity index (χ0v) is 11.6. The maximum Gasteiger partial charge on any atom is 0.150 e. The van der Waals surface area contributed by atoms with Gasteiger partial charge in [0.05, 0.1) is 5.38 Å².